The minimum absolute atomic E-state index is 0.106. The summed E-state index contributed by atoms with van der Waals surface area (Å²) in [6.07, 6.45) is 5.99. The molecule has 3 aromatic rings. The Morgan fingerprint density at radius 2 is 1.93 bits per heavy atom. The van der Waals surface area contributed by atoms with Gasteiger partial charge in [-0.1, -0.05) is 36.7 Å². The minimum Gasteiger partial charge on any atom is -0.492 e. The number of ether oxygens (including phenoxy) is 2. The fourth-order valence-electron chi connectivity index (χ4n) is 4.65. The lowest BCUT2D eigenvalue weighted by Crippen LogP contribution is -2.39. The maximum Gasteiger partial charge on any atom is 0.309 e. The quantitative estimate of drug-likeness (QED) is 0.231. The number of rotatable bonds is 8. The molecule has 1 amide bonds. The first-order valence-corrected chi connectivity index (χ1v) is 14.7. The number of carbonyl (C=O) groups excluding carboxylic acids is 2. The first kappa shape index (κ1) is 28.0. The van der Waals surface area contributed by atoms with Crippen LogP contribution in [-0.2, 0) is 14.3 Å². The molecule has 0 unspecified atom stereocenters. The molecule has 2 aliphatic rings. The van der Waals surface area contributed by atoms with Crippen LogP contribution in [0.4, 0.5) is 0 Å². The number of aliphatic imine (C=N–C) groups is 1. The van der Waals surface area contributed by atoms with E-state index < -0.39 is 0 Å². The second kappa shape index (κ2) is 12.7. The van der Waals surface area contributed by atoms with Crippen molar-refractivity contribution in [2.75, 3.05) is 26.3 Å². The summed E-state index contributed by atoms with van der Waals surface area (Å²) >= 11 is 7.90. The molecule has 3 heterocycles. The highest BCUT2D eigenvalue weighted by Gasteiger charge is 2.32. The number of aromatic nitrogens is 2. The number of hydrogen-bond acceptors (Lipinski definition) is 7. The van der Waals surface area contributed by atoms with Gasteiger partial charge in [0.2, 0.25) is 0 Å². The van der Waals surface area contributed by atoms with E-state index >= 15 is 0 Å². The van der Waals surface area contributed by atoms with Crippen molar-refractivity contribution in [3.63, 3.8) is 0 Å². The molecule has 0 saturated carbocycles. The number of benzene rings is 2. The maximum absolute atomic E-state index is 13.0. The number of carbonyl (C=O) groups is 2. The van der Waals surface area contributed by atoms with Crippen LogP contribution in [0, 0.1) is 5.92 Å². The predicted octanol–water partition coefficient (Wildman–Crippen LogP) is 6.23. The van der Waals surface area contributed by atoms with Crippen molar-refractivity contribution in [1.82, 2.24) is 14.7 Å². The lowest BCUT2D eigenvalue weighted by atomic mass is 9.97. The van der Waals surface area contributed by atoms with Gasteiger partial charge in [0.05, 0.1) is 34.7 Å². The molecule has 10 heteroatoms. The molecule has 0 N–H and O–H groups in total. The summed E-state index contributed by atoms with van der Waals surface area (Å²) in [5.74, 6) is 0.0898. The van der Waals surface area contributed by atoms with Crippen molar-refractivity contribution in [3.8, 4) is 22.7 Å². The van der Waals surface area contributed by atoms with Crippen LogP contribution in [0.3, 0.4) is 0 Å². The highest BCUT2D eigenvalue weighted by Crippen LogP contribution is 2.36. The summed E-state index contributed by atoms with van der Waals surface area (Å²) in [6, 6.07) is 15.4. The molecule has 2 aliphatic heterocycles. The van der Waals surface area contributed by atoms with Gasteiger partial charge in [-0.2, -0.15) is 10.1 Å². The Bertz CT molecular complexity index is 1450. The van der Waals surface area contributed by atoms with E-state index in [0.29, 0.717) is 65.7 Å². The number of amides is 1. The van der Waals surface area contributed by atoms with Gasteiger partial charge in [0.25, 0.3) is 5.91 Å². The topological polar surface area (TPSA) is 86.0 Å². The monoisotopic (exact) mass is 578 g/mol. The molecule has 1 aromatic heterocycles. The molecule has 0 bridgehead atoms. The zero-order valence-corrected chi connectivity index (χ0v) is 24.1. The van der Waals surface area contributed by atoms with E-state index in [9.17, 15) is 9.59 Å². The third kappa shape index (κ3) is 6.26. The van der Waals surface area contributed by atoms with Crippen molar-refractivity contribution in [1.29, 1.82) is 0 Å². The van der Waals surface area contributed by atoms with Crippen LogP contribution in [-0.4, -0.2) is 58.0 Å². The first-order chi connectivity index (χ1) is 19.5. The van der Waals surface area contributed by atoms with Crippen molar-refractivity contribution >= 4 is 46.5 Å². The smallest absolute Gasteiger partial charge is 0.309 e. The SMILES string of the molecule is CCCOc1ccc(-c2nn(-c3ccccc3)cc2C=C2SC(N3CCC(C(=O)OCC)CC3)=NC2=O)cc1Cl. The largest absolute Gasteiger partial charge is 0.492 e. The summed E-state index contributed by atoms with van der Waals surface area (Å²) in [4.78, 5) is 32.0. The fraction of sp³-hybridized carbons (Fsp3) is 0.333. The molecule has 40 heavy (non-hydrogen) atoms. The van der Waals surface area contributed by atoms with Gasteiger partial charge in [-0.15, -0.1) is 0 Å². The molecular weight excluding hydrogens is 548 g/mol. The highest BCUT2D eigenvalue weighted by atomic mass is 35.5. The Labute approximate surface area is 243 Å². The van der Waals surface area contributed by atoms with E-state index in [-0.39, 0.29) is 17.8 Å². The van der Waals surface area contributed by atoms with Crippen LogP contribution in [0.2, 0.25) is 5.02 Å². The van der Waals surface area contributed by atoms with Crippen LogP contribution in [0.25, 0.3) is 23.0 Å². The van der Waals surface area contributed by atoms with Crippen molar-refractivity contribution < 1.29 is 19.1 Å². The van der Waals surface area contributed by atoms with Gasteiger partial charge in [-0.05, 0) is 74.4 Å². The molecule has 0 atom stereocenters. The van der Waals surface area contributed by atoms with Crippen LogP contribution < -0.4 is 4.74 Å². The van der Waals surface area contributed by atoms with Crippen molar-refractivity contribution in [2.45, 2.75) is 33.1 Å². The highest BCUT2D eigenvalue weighted by molar-refractivity contribution is 8.18. The van der Waals surface area contributed by atoms with E-state index in [1.54, 1.807) is 4.68 Å². The van der Waals surface area contributed by atoms with Gasteiger partial charge in [0.1, 0.15) is 11.4 Å². The summed E-state index contributed by atoms with van der Waals surface area (Å²) < 4.78 is 12.7. The molecule has 5 rings (SSSR count). The normalized spacial score (nSPS) is 16.9. The van der Waals surface area contributed by atoms with Crippen LogP contribution in [0.5, 0.6) is 5.75 Å². The molecule has 0 aliphatic carbocycles. The summed E-state index contributed by atoms with van der Waals surface area (Å²) in [7, 11) is 0. The lowest BCUT2D eigenvalue weighted by molar-refractivity contribution is -0.149. The fourth-order valence-corrected chi connectivity index (χ4v) is 5.84. The van der Waals surface area contributed by atoms with E-state index in [4.69, 9.17) is 26.2 Å². The van der Waals surface area contributed by atoms with Crippen LogP contribution in [0.1, 0.15) is 38.7 Å². The summed E-state index contributed by atoms with van der Waals surface area (Å²) in [5.41, 5.74) is 3.18. The Balaban J connectivity index is 1.40. The summed E-state index contributed by atoms with van der Waals surface area (Å²) in [6.45, 7) is 6.13. The number of piperidine rings is 1. The van der Waals surface area contributed by atoms with Crippen LogP contribution >= 0.6 is 23.4 Å². The molecule has 8 nitrogen and oxygen atoms in total. The number of halogens is 1. The van der Waals surface area contributed by atoms with Gasteiger partial charge >= 0.3 is 5.97 Å². The van der Waals surface area contributed by atoms with Gasteiger partial charge < -0.3 is 14.4 Å². The summed E-state index contributed by atoms with van der Waals surface area (Å²) in [5, 5.41) is 6.02. The molecular formula is C30H31ClN4O4S. The number of thioether (sulfide) groups is 1. The predicted molar refractivity (Wildman–Crippen MR) is 159 cm³/mol. The number of esters is 1. The molecule has 0 spiro atoms. The molecule has 0 radical (unpaired) electrons. The number of amidine groups is 1. The number of para-hydroxylation sites is 1. The second-order valence-corrected chi connectivity index (χ2v) is 10.9. The third-order valence-corrected chi connectivity index (χ3v) is 8.05. The Morgan fingerprint density at radius 3 is 2.62 bits per heavy atom. The van der Waals surface area contributed by atoms with Crippen LogP contribution in [0.15, 0.2) is 64.6 Å². The Morgan fingerprint density at radius 1 is 1.15 bits per heavy atom. The average molecular weight is 579 g/mol. The minimum atomic E-state index is -0.285. The van der Waals surface area contributed by atoms with Crippen molar-refractivity contribution in [3.05, 3.63) is 70.2 Å². The number of hydrogen-bond donors (Lipinski definition) is 0. The van der Waals surface area contributed by atoms with Gasteiger partial charge in [0.15, 0.2) is 5.17 Å². The van der Waals surface area contributed by atoms with Gasteiger partial charge in [0, 0.05) is 30.4 Å². The average Bonchev–Trinajstić information content (AvgIpc) is 3.56. The zero-order valence-electron chi connectivity index (χ0n) is 22.5. The first-order valence-electron chi connectivity index (χ1n) is 13.5. The van der Waals surface area contributed by atoms with E-state index in [2.05, 4.69) is 9.89 Å². The van der Waals surface area contributed by atoms with E-state index in [1.807, 2.05) is 74.7 Å². The molecule has 2 aromatic carbocycles. The maximum atomic E-state index is 13.0. The Hall–Kier alpha value is -3.56. The van der Waals surface area contributed by atoms with E-state index in [1.165, 1.54) is 11.8 Å². The lowest BCUT2D eigenvalue weighted by Gasteiger charge is -2.31. The number of nitrogens with zero attached hydrogens (tertiary/aromatic N) is 4. The Kier molecular flexibility index (Phi) is 8.91. The van der Waals surface area contributed by atoms with Gasteiger partial charge in [-0.25, -0.2) is 4.68 Å². The second-order valence-electron chi connectivity index (χ2n) is 9.53. The number of likely N-dealkylation sites (tertiary alicyclic amines) is 1. The van der Waals surface area contributed by atoms with Gasteiger partial charge in [-0.3, -0.25) is 9.59 Å². The third-order valence-electron chi connectivity index (χ3n) is 6.71. The van der Waals surface area contributed by atoms with E-state index in [0.717, 1.165) is 23.2 Å². The van der Waals surface area contributed by atoms with Crippen molar-refractivity contribution in [2.24, 2.45) is 10.9 Å². The molecule has 1 fully saturated rings. The molecule has 1 saturated heterocycles. The zero-order chi connectivity index (χ0) is 28.1. The standard InChI is InChI=1S/C30H31ClN4O4S/c1-3-16-39-25-11-10-21(17-24(25)31)27-22(19-35(33-27)23-8-6-5-7-9-23)18-26-28(36)32-30(40-26)34-14-12-20(13-15-34)29(37)38-4-2/h5-11,17-20H,3-4,12-16H2,1-2H3. The molecule has 208 valence electrons.